The standard InChI is InChI=1S/C24H28N4O3S/c1-24(2,3)21-18-19(26-27-21)23(29)28(15-8-10-16(32-5)11-9-15)20(18)17-7-6-12-25-22(17)31-14-13-30-4/h6-12,20H,13-14H2,1-5H3,(H,26,27). The van der Waals surface area contributed by atoms with Crippen LogP contribution < -0.4 is 9.64 Å². The molecule has 4 rings (SSSR count). The maximum atomic E-state index is 13.6. The molecule has 0 saturated heterocycles. The van der Waals surface area contributed by atoms with Crippen molar-refractivity contribution in [2.24, 2.45) is 0 Å². The number of hydrogen-bond donors (Lipinski definition) is 1. The molecule has 0 spiro atoms. The minimum absolute atomic E-state index is 0.139. The number of aromatic nitrogens is 3. The van der Waals surface area contributed by atoms with Crippen LogP contribution in [0.1, 0.15) is 54.1 Å². The zero-order valence-corrected chi connectivity index (χ0v) is 19.8. The number of carbonyl (C=O) groups is 1. The SMILES string of the molecule is COCCOc1ncccc1C1c2c(n[nH]c2C(C)(C)C)C(=O)N1c1ccc(SC)cc1. The van der Waals surface area contributed by atoms with E-state index in [1.165, 1.54) is 0 Å². The van der Waals surface area contributed by atoms with Gasteiger partial charge in [-0.05, 0) is 42.7 Å². The first-order valence-electron chi connectivity index (χ1n) is 10.5. The number of anilines is 1. The summed E-state index contributed by atoms with van der Waals surface area (Å²) < 4.78 is 11.1. The Balaban J connectivity index is 1.88. The van der Waals surface area contributed by atoms with E-state index in [0.29, 0.717) is 24.8 Å². The van der Waals surface area contributed by atoms with E-state index >= 15 is 0 Å². The van der Waals surface area contributed by atoms with Crippen LogP contribution in [0.2, 0.25) is 0 Å². The van der Waals surface area contributed by atoms with E-state index in [2.05, 4.69) is 36.0 Å². The van der Waals surface area contributed by atoms with Gasteiger partial charge in [-0.15, -0.1) is 11.8 Å². The Bertz CT molecular complexity index is 1110. The summed E-state index contributed by atoms with van der Waals surface area (Å²) in [6.07, 6.45) is 3.73. The second kappa shape index (κ2) is 8.96. The molecule has 0 bridgehead atoms. The second-order valence-corrected chi connectivity index (χ2v) is 9.51. The number of rotatable bonds is 7. The molecule has 1 atom stereocenters. The third kappa shape index (κ3) is 4.00. The highest BCUT2D eigenvalue weighted by molar-refractivity contribution is 7.98. The summed E-state index contributed by atoms with van der Waals surface area (Å²) in [6, 6.07) is 11.4. The van der Waals surface area contributed by atoms with Crippen molar-refractivity contribution in [1.29, 1.82) is 0 Å². The van der Waals surface area contributed by atoms with Crippen molar-refractivity contribution in [1.82, 2.24) is 15.2 Å². The summed E-state index contributed by atoms with van der Waals surface area (Å²) in [5.74, 6) is 0.349. The van der Waals surface area contributed by atoms with Gasteiger partial charge in [0.05, 0.1) is 12.6 Å². The van der Waals surface area contributed by atoms with Crippen LogP contribution >= 0.6 is 11.8 Å². The van der Waals surface area contributed by atoms with Gasteiger partial charge in [0, 0.05) is 46.1 Å². The van der Waals surface area contributed by atoms with Gasteiger partial charge >= 0.3 is 0 Å². The van der Waals surface area contributed by atoms with Crippen molar-refractivity contribution >= 4 is 23.4 Å². The fraction of sp³-hybridized carbons (Fsp3) is 0.375. The number of aromatic amines is 1. The van der Waals surface area contributed by atoms with Crippen LogP contribution in [0.4, 0.5) is 5.69 Å². The highest BCUT2D eigenvalue weighted by atomic mass is 32.2. The minimum atomic E-state index is -0.406. The molecule has 1 amide bonds. The van der Waals surface area contributed by atoms with Crippen molar-refractivity contribution < 1.29 is 14.3 Å². The van der Waals surface area contributed by atoms with Crippen molar-refractivity contribution in [2.75, 3.05) is 31.5 Å². The van der Waals surface area contributed by atoms with Gasteiger partial charge < -0.3 is 9.47 Å². The number of nitrogens with one attached hydrogen (secondary N) is 1. The topological polar surface area (TPSA) is 80.3 Å². The molecule has 3 aromatic rings. The Morgan fingerprint density at radius 2 is 1.91 bits per heavy atom. The Morgan fingerprint density at radius 1 is 1.16 bits per heavy atom. The molecule has 2 aromatic heterocycles. The van der Waals surface area contributed by atoms with E-state index in [0.717, 1.165) is 27.4 Å². The van der Waals surface area contributed by atoms with E-state index in [-0.39, 0.29) is 11.3 Å². The molecule has 168 valence electrons. The largest absolute Gasteiger partial charge is 0.475 e. The average Bonchev–Trinajstić information content (AvgIpc) is 3.33. The smallest absolute Gasteiger partial charge is 0.280 e. The quantitative estimate of drug-likeness (QED) is 0.417. The van der Waals surface area contributed by atoms with Crippen LogP contribution in [-0.2, 0) is 10.2 Å². The molecule has 1 aromatic carbocycles. The van der Waals surface area contributed by atoms with E-state index in [4.69, 9.17) is 9.47 Å². The molecule has 1 aliphatic rings. The van der Waals surface area contributed by atoms with E-state index < -0.39 is 6.04 Å². The van der Waals surface area contributed by atoms with E-state index in [1.54, 1.807) is 30.0 Å². The molecule has 1 N–H and O–H groups in total. The van der Waals surface area contributed by atoms with Crippen LogP contribution in [0.5, 0.6) is 5.88 Å². The Labute approximate surface area is 192 Å². The average molecular weight is 453 g/mol. The summed E-state index contributed by atoms with van der Waals surface area (Å²) in [7, 11) is 1.63. The van der Waals surface area contributed by atoms with Crippen LogP contribution in [-0.4, -0.2) is 47.7 Å². The predicted molar refractivity (Wildman–Crippen MR) is 126 cm³/mol. The number of ether oxygens (including phenoxy) is 2. The Morgan fingerprint density at radius 3 is 2.56 bits per heavy atom. The number of thioether (sulfide) groups is 1. The maximum absolute atomic E-state index is 13.6. The first-order chi connectivity index (χ1) is 15.4. The van der Waals surface area contributed by atoms with Crippen LogP contribution in [0.15, 0.2) is 47.5 Å². The van der Waals surface area contributed by atoms with Gasteiger partial charge in [0.2, 0.25) is 5.88 Å². The summed E-state index contributed by atoms with van der Waals surface area (Å²) in [6.45, 7) is 7.14. The number of methoxy groups -OCH3 is 1. The van der Waals surface area contributed by atoms with Crippen LogP contribution in [0.25, 0.3) is 0 Å². The number of amides is 1. The van der Waals surface area contributed by atoms with Crippen molar-refractivity contribution in [3.8, 4) is 5.88 Å². The highest BCUT2D eigenvalue weighted by Crippen LogP contribution is 2.46. The normalized spacial score (nSPS) is 15.8. The van der Waals surface area contributed by atoms with E-state index in [9.17, 15) is 4.79 Å². The monoisotopic (exact) mass is 452 g/mol. The van der Waals surface area contributed by atoms with Gasteiger partial charge in [0.15, 0.2) is 5.69 Å². The number of carbonyl (C=O) groups excluding carboxylic acids is 1. The second-order valence-electron chi connectivity index (χ2n) is 8.63. The molecular weight excluding hydrogens is 424 g/mol. The molecule has 0 radical (unpaired) electrons. The fourth-order valence-electron chi connectivity index (χ4n) is 3.97. The van der Waals surface area contributed by atoms with Gasteiger partial charge in [0.1, 0.15) is 6.61 Å². The molecule has 7 nitrogen and oxygen atoms in total. The molecular formula is C24H28N4O3S. The fourth-order valence-corrected chi connectivity index (χ4v) is 4.38. The summed E-state index contributed by atoms with van der Waals surface area (Å²) in [5.41, 5.74) is 3.65. The molecule has 1 aliphatic heterocycles. The van der Waals surface area contributed by atoms with Crippen molar-refractivity contribution in [2.45, 2.75) is 37.1 Å². The van der Waals surface area contributed by atoms with Gasteiger partial charge in [-0.25, -0.2) is 4.98 Å². The Kier molecular flexibility index (Phi) is 6.26. The van der Waals surface area contributed by atoms with Gasteiger partial charge in [-0.3, -0.25) is 14.8 Å². The number of fused-ring (bicyclic) bond motifs is 1. The first kappa shape index (κ1) is 22.4. The van der Waals surface area contributed by atoms with E-state index in [1.807, 2.05) is 42.7 Å². The van der Waals surface area contributed by atoms with Crippen LogP contribution in [0, 0.1) is 0 Å². The lowest BCUT2D eigenvalue weighted by Crippen LogP contribution is -2.30. The number of H-pyrrole nitrogens is 1. The van der Waals surface area contributed by atoms with Crippen molar-refractivity contribution in [3.63, 3.8) is 0 Å². The minimum Gasteiger partial charge on any atom is -0.475 e. The highest BCUT2D eigenvalue weighted by Gasteiger charge is 2.46. The van der Waals surface area contributed by atoms with Gasteiger partial charge in [0.25, 0.3) is 5.91 Å². The predicted octanol–water partition coefficient (Wildman–Crippen LogP) is 4.60. The number of benzene rings is 1. The first-order valence-corrected chi connectivity index (χ1v) is 11.7. The molecule has 0 fully saturated rings. The van der Waals surface area contributed by atoms with Crippen LogP contribution in [0.3, 0.4) is 0 Å². The number of nitrogens with zero attached hydrogens (tertiary/aromatic N) is 3. The molecule has 0 saturated carbocycles. The molecule has 1 unspecified atom stereocenters. The third-order valence-electron chi connectivity index (χ3n) is 5.48. The summed E-state index contributed by atoms with van der Waals surface area (Å²) in [4.78, 5) is 21.0. The summed E-state index contributed by atoms with van der Waals surface area (Å²) in [5, 5.41) is 7.56. The van der Waals surface area contributed by atoms with Crippen molar-refractivity contribution in [3.05, 3.63) is 65.1 Å². The summed E-state index contributed by atoms with van der Waals surface area (Å²) >= 11 is 1.66. The third-order valence-corrected chi connectivity index (χ3v) is 6.22. The maximum Gasteiger partial charge on any atom is 0.280 e. The zero-order chi connectivity index (χ0) is 22.9. The Hall–Kier alpha value is -2.84. The molecule has 3 heterocycles. The molecule has 32 heavy (non-hydrogen) atoms. The number of hydrogen-bond acceptors (Lipinski definition) is 6. The lowest BCUT2D eigenvalue weighted by atomic mass is 9.86. The van der Waals surface area contributed by atoms with Gasteiger partial charge in [-0.1, -0.05) is 20.8 Å². The lowest BCUT2D eigenvalue weighted by molar-refractivity contribution is 0.0988. The lowest BCUT2D eigenvalue weighted by Gasteiger charge is -2.29. The van der Waals surface area contributed by atoms with Gasteiger partial charge in [-0.2, -0.15) is 5.10 Å². The number of pyridine rings is 1. The molecule has 0 aliphatic carbocycles. The molecule has 8 heteroatoms. The zero-order valence-electron chi connectivity index (χ0n) is 19.0.